The summed E-state index contributed by atoms with van der Waals surface area (Å²) in [4.78, 5) is 1.33. The molecule has 0 fully saturated rings. The third-order valence-corrected chi connectivity index (χ3v) is 3.51. The molecule has 15 heavy (non-hydrogen) atoms. The van der Waals surface area contributed by atoms with E-state index in [1.165, 1.54) is 16.9 Å². The summed E-state index contributed by atoms with van der Waals surface area (Å²) >= 11 is 1.79. The first-order valence-electron chi connectivity index (χ1n) is 5.57. The van der Waals surface area contributed by atoms with Crippen LogP contribution in [0.2, 0.25) is 0 Å². The lowest BCUT2D eigenvalue weighted by atomic mass is 10.1. The first-order chi connectivity index (χ1) is 7.17. The molecule has 2 atom stereocenters. The smallest absolute Gasteiger partial charge is 0.0294 e. The molecule has 0 heterocycles. The van der Waals surface area contributed by atoms with E-state index < -0.39 is 0 Å². The van der Waals surface area contributed by atoms with Gasteiger partial charge in [-0.15, -0.1) is 11.8 Å². The van der Waals surface area contributed by atoms with Gasteiger partial charge in [0.05, 0.1) is 0 Å². The molecular formula is C13H21NS. The zero-order valence-electron chi connectivity index (χ0n) is 10.1. The molecule has 0 saturated heterocycles. The summed E-state index contributed by atoms with van der Waals surface area (Å²) in [6, 6.07) is 9.83. The van der Waals surface area contributed by atoms with E-state index in [9.17, 15) is 0 Å². The number of thioether (sulfide) groups is 1. The maximum atomic E-state index is 3.58. The molecule has 0 aliphatic heterocycles. The molecule has 84 valence electrons. The van der Waals surface area contributed by atoms with Crippen LogP contribution in [0.5, 0.6) is 0 Å². The van der Waals surface area contributed by atoms with Crippen molar-refractivity contribution >= 4 is 11.8 Å². The predicted octanol–water partition coefficient (Wildman–Crippen LogP) is 3.86. The van der Waals surface area contributed by atoms with Crippen LogP contribution in [-0.4, -0.2) is 12.3 Å². The summed E-state index contributed by atoms with van der Waals surface area (Å²) in [6.45, 7) is 6.66. The standard InChI is InChI=1S/C13H21NS/c1-5-10(2)14-11(3)12-6-8-13(15-4)9-7-12/h6-11,14H,5H2,1-4H3/t10-,11+/m0/s1. The fourth-order valence-corrected chi connectivity index (χ4v) is 1.94. The van der Waals surface area contributed by atoms with Crippen LogP contribution >= 0.6 is 11.8 Å². The molecule has 2 heteroatoms. The molecule has 1 nitrogen and oxygen atoms in total. The molecule has 0 aromatic heterocycles. The molecule has 0 saturated carbocycles. The van der Waals surface area contributed by atoms with Crippen molar-refractivity contribution in [3.63, 3.8) is 0 Å². The average molecular weight is 223 g/mol. The molecule has 1 aromatic rings. The molecule has 0 spiro atoms. The molecule has 0 bridgehead atoms. The maximum Gasteiger partial charge on any atom is 0.0294 e. The summed E-state index contributed by atoms with van der Waals surface area (Å²) in [5, 5.41) is 3.58. The van der Waals surface area contributed by atoms with Crippen molar-refractivity contribution in [1.29, 1.82) is 0 Å². The highest BCUT2D eigenvalue weighted by atomic mass is 32.2. The normalized spacial score (nSPS) is 14.9. The van der Waals surface area contributed by atoms with Gasteiger partial charge in [-0.2, -0.15) is 0 Å². The maximum absolute atomic E-state index is 3.58. The van der Waals surface area contributed by atoms with Gasteiger partial charge in [0.25, 0.3) is 0 Å². The second-order valence-electron chi connectivity index (χ2n) is 3.97. The Morgan fingerprint density at radius 3 is 2.27 bits per heavy atom. The van der Waals surface area contributed by atoms with Gasteiger partial charge in [-0.05, 0) is 44.2 Å². The van der Waals surface area contributed by atoms with Gasteiger partial charge < -0.3 is 5.32 Å². The zero-order chi connectivity index (χ0) is 11.3. The van der Waals surface area contributed by atoms with Crippen LogP contribution in [0.1, 0.15) is 38.8 Å². The second-order valence-corrected chi connectivity index (χ2v) is 4.85. The van der Waals surface area contributed by atoms with Gasteiger partial charge in [-0.1, -0.05) is 19.1 Å². The number of rotatable bonds is 5. The van der Waals surface area contributed by atoms with E-state index in [4.69, 9.17) is 0 Å². The first kappa shape index (κ1) is 12.6. The number of hydrogen-bond donors (Lipinski definition) is 1. The van der Waals surface area contributed by atoms with Crippen molar-refractivity contribution < 1.29 is 0 Å². The van der Waals surface area contributed by atoms with Crippen molar-refractivity contribution in [3.05, 3.63) is 29.8 Å². The average Bonchev–Trinajstić information content (AvgIpc) is 2.29. The molecule has 0 radical (unpaired) electrons. The minimum atomic E-state index is 0.441. The Balaban J connectivity index is 2.61. The van der Waals surface area contributed by atoms with Crippen molar-refractivity contribution in [2.45, 2.75) is 44.2 Å². The minimum absolute atomic E-state index is 0.441. The topological polar surface area (TPSA) is 12.0 Å². The van der Waals surface area contributed by atoms with Crippen LogP contribution in [-0.2, 0) is 0 Å². The van der Waals surface area contributed by atoms with Crippen LogP contribution in [0.25, 0.3) is 0 Å². The van der Waals surface area contributed by atoms with Gasteiger partial charge in [0.15, 0.2) is 0 Å². The molecule has 1 rings (SSSR count). The third-order valence-electron chi connectivity index (χ3n) is 2.76. The van der Waals surface area contributed by atoms with Gasteiger partial charge in [0, 0.05) is 17.0 Å². The molecule has 0 amide bonds. The summed E-state index contributed by atoms with van der Waals surface area (Å²) in [5.74, 6) is 0. The second kappa shape index (κ2) is 6.19. The van der Waals surface area contributed by atoms with Crippen molar-refractivity contribution in [1.82, 2.24) is 5.32 Å². The van der Waals surface area contributed by atoms with E-state index in [0.29, 0.717) is 12.1 Å². The van der Waals surface area contributed by atoms with E-state index >= 15 is 0 Å². The quantitative estimate of drug-likeness (QED) is 0.761. The molecule has 1 N–H and O–H groups in total. The Hall–Kier alpha value is -0.470. The fraction of sp³-hybridized carbons (Fsp3) is 0.538. The first-order valence-corrected chi connectivity index (χ1v) is 6.79. The summed E-state index contributed by atoms with van der Waals surface area (Å²) in [5.41, 5.74) is 1.37. The Morgan fingerprint density at radius 1 is 1.20 bits per heavy atom. The van der Waals surface area contributed by atoms with Gasteiger partial charge in [0.1, 0.15) is 0 Å². The molecule has 0 aliphatic carbocycles. The molecule has 1 aromatic carbocycles. The third kappa shape index (κ3) is 3.88. The predicted molar refractivity (Wildman–Crippen MR) is 69.5 cm³/mol. The highest BCUT2D eigenvalue weighted by molar-refractivity contribution is 7.98. The SMILES string of the molecule is CC[C@H](C)N[C@H](C)c1ccc(SC)cc1. The molecular weight excluding hydrogens is 202 g/mol. The Morgan fingerprint density at radius 2 is 1.80 bits per heavy atom. The lowest BCUT2D eigenvalue weighted by Gasteiger charge is -2.19. The number of nitrogens with one attached hydrogen (secondary N) is 1. The molecule has 0 unspecified atom stereocenters. The lowest BCUT2D eigenvalue weighted by Crippen LogP contribution is -2.28. The van der Waals surface area contributed by atoms with Crippen LogP contribution < -0.4 is 5.32 Å². The number of hydrogen-bond acceptors (Lipinski definition) is 2. The van der Waals surface area contributed by atoms with E-state index in [1.54, 1.807) is 11.8 Å². The Bertz CT molecular complexity index is 281. The van der Waals surface area contributed by atoms with Gasteiger partial charge >= 0.3 is 0 Å². The van der Waals surface area contributed by atoms with Gasteiger partial charge in [0.2, 0.25) is 0 Å². The van der Waals surface area contributed by atoms with Crippen LogP contribution in [0.4, 0.5) is 0 Å². The molecule has 0 aliphatic rings. The van der Waals surface area contributed by atoms with Crippen molar-refractivity contribution in [2.24, 2.45) is 0 Å². The van der Waals surface area contributed by atoms with Crippen LogP contribution in [0.3, 0.4) is 0 Å². The summed E-state index contributed by atoms with van der Waals surface area (Å²) < 4.78 is 0. The number of benzene rings is 1. The Kier molecular flexibility index (Phi) is 5.20. The zero-order valence-corrected chi connectivity index (χ0v) is 10.9. The largest absolute Gasteiger partial charge is 0.308 e. The van der Waals surface area contributed by atoms with E-state index in [0.717, 1.165) is 0 Å². The monoisotopic (exact) mass is 223 g/mol. The highest BCUT2D eigenvalue weighted by Gasteiger charge is 2.07. The van der Waals surface area contributed by atoms with Gasteiger partial charge in [-0.25, -0.2) is 0 Å². The lowest BCUT2D eigenvalue weighted by molar-refractivity contribution is 0.469. The highest BCUT2D eigenvalue weighted by Crippen LogP contribution is 2.19. The Labute approximate surface area is 97.7 Å². The summed E-state index contributed by atoms with van der Waals surface area (Å²) in [7, 11) is 0. The van der Waals surface area contributed by atoms with Gasteiger partial charge in [-0.3, -0.25) is 0 Å². The van der Waals surface area contributed by atoms with E-state index in [1.807, 2.05) is 0 Å². The van der Waals surface area contributed by atoms with E-state index in [2.05, 4.69) is 56.6 Å². The van der Waals surface area contributed by atoms with Crippen molar-refractivity contribution in [2.75, 3.05) is 6.26 Å². The van der Waals surface area contributed by atoms with Crippen molar-refractivity contribution in [3.8, 4) is 0 Å². The summed E-state index contributed by atoms with van der Waals surface area (Å²) in [6.07, 6.45) is 3.28. The minimum Gasteiger partial charge on any atom is -0.308 e. The van der Waals surface area contributed by atoms with Crippen LogP contribution in [0.15, 0.2) is 29.2 Å². The van der Waals surface area contributed by atoms with Crippen LogP contribution in [0, 0.1) is 0 Å². The van der Waals surface area contributed by atoms with E-state index in [-0.39, 0.29) is 0 Å². The fourth-order valence-electron chi connectivity index (χ4n) is 1.53.